The number of fused-ring (bicyclic) bond motifs is 2. The van der Waals surface area contributed by atoms with Crippen molar-refractivity contribution in [2.24, 2.45) is 22.9 Å². The Kier molecular flexibility index (Phi) is 14.0. The van der Waals surface area contributed by atoms with E-state index in [1.165, 1.54) is 0 Å². The predicted octanol–water partition coefficient (Wildman–Crippen LogP) is 5.90. The predicted molar refractivity (Wildman–Crippen MR) is 193 cm³/mol. The first kappa shape index (κ1) is 38.1. The van der Waals surface area contributed by atoms with Crippen LogP contribution in [0, 0.1) is 17.8 Å². The molecule has 1 saturated heterocycles. The van der Waals surface area contributed by atoms with Gasteiger partial charge in [-0.2, -0.15) is 0 Å². The Hall–Kier alpha value is -3.12. The van der Waals surface area contributed by atoms with Gasteiger partial charge in [-0.1, -0.05) is 37.1 Å². The highest BCUT2D eigenvalue weighted by Gasteiger charge is 2.65. The van der Waals surface area contributed by atoms with Gasteiger partial charge >= 0.3 is 6.09 Å². The number of oxime groups is 1. The number of carbonyl (C=O) groups is 1. The molecule has 2 aliphatic carbocycles. The van der Waals surface area contributed by atoms with Crippen LogP contribution in [-0.2, 0) is 14.3 Å². The van der Waals surface area contributed by atoms with Crippen molar-refractivity contribution in [3.05, 3.63) is 48.1 Å². The van der Waals surface area contributed by atoms with Crippen molar-refractivity contribution < 1.29 is 38.8 Å². The van der Waals surface area contributed by atoms with Crippen LogP contribution in [0.15, 0.2) is 47.7 Å². The van der Waals surface area contributed by atoms with Crippen LogP contribution < -0.4 is 9.47 Å². The van der Waals surface area contributed by atoms with E-state index in [1.807, 2.05) is 32.9 Å². The van der Waals surface area contributed by atoms with E-state index in [1.54, 1.807) is 11.0 Å². The Balaban J connectivity index is 1.72. The smallest absolute Gasteiger partial charge is 0.410 e. The Morgan fingerprint density at radius 3 is 2.58 bits per heavy atom. The second-order valence-corrected chi connectivity index (χ2v) is 13.8. The first-order valence-electron chi connectivity index (χ1n) is 18.9. The fourth-order valence-corrected chi connectivity index (χ4v) is 8.29. The highest BCUT2D eigenvalue weighted by atomic mass is 16.7. The second kappa shape index (κ2) is 18.4. The molecular weight excluding hydrogens is 638 g/mol. The van der Waals surface area contributed by atoms with Crippen LogP contribution in [-0.4, -0.2) is 109 Å². The first-order valence-corrected chi connectivity index (χ1v) is 18.9. The zero-order valence-electron chi connectivity index (χ0n) is 30.4. The van der Waals surface area contributed by atoms with Crippen molar-refractivity contribution in [1.82, 2.24) is 9.80 Å². The first-order chi connectivity index (χ1) is 24.5. The number of ether oxygens (including phenoxy) is 4. The third kappa shape index (κ3) is 8.49. The largest absolute Gasteiger partial charge is 0.492 e. The third-order valence-electron chi connectivity index (χ3n) is 10.5. The Morgan fingerprint density at radius 2 is 1.90 bits per heavy atom. The summed E-state index contributed by atoms with van der Waals surface area (Å²) in [5.74, 6) is 0.132. The summed E-state index contributed by atoms with van der Waals surface area (Å²) in [4.78, 5) is 23.7. The molecule has 11 heteroatoms. The lowest BCUT2D eigenvalue weighted by Gasteiger charge is -2.59. The van der Waals surface area contributed by atoms with Gasteiger partial charge < -0.3 is 34.0 Å². The molecule has 6 unspecified atom stereocenters. The molecule has 2 fully saturated rings. The highest BCUT2D eigenvalue weighted by Crippen LogP contribution is 2.62. The minimum Gasteiger partial charge on any atom is -0.492 e. The number of aliphatic hydroxyl groups excluding tert-OH is 2. The van der Waals surface area contributed by atoms with Crippen LogP contribution in [0.3, 0.4) is 0 Å². The molecule has 1 saturated carbocycles. The molecule has 11 nitrogen and oxygen atoms in total. The molecule has 6 atom stereocenters. The number of unbranched alkanes of at least 4 members (excludes halogenated alkanes) is 2. The molecule has 278 valence electrons. The number of benzene rings is 1. The van der Waals surface area contributed by atoms with E-state index in [0.717, 1.165) is 74.3 Å². The van der Waals surface area contributed by atoms with Crippen molar-refractivity contribution in [2.75, 3.05) is 65.8 Å². The van der Waals surface area contributed by atoms with Crippen LogP contribution in [0.5, 0.6) is 11.5 Å². The van der Waals surface area contributed by atoms with Gasteiger partial charge in [-0.3, -0.25) is 9.80 Å². The van der Waals surface area contributed by atoms with Crippen LogP contribution >= 0.6 is 0 Å². The second-order valence-electron chi connectivity index (χ2n) is 13.8. The van der Waals surface area contributed by atoms with Gasteiger partial charge in [-0.25, -0.2) is 4.79 Å². The lowest BCUT2D eigenvalue weighted by Crippen LogP contribution is -2.70. The zero-order chi connectivity index (χ0) is 35.5. The SMILES string of the molecule is C=CCOC12Oc3ccc(OCCN4CC4)cc3C3C(CCCCO)C(CCCCO)C=C(C(=NOCC)CC1N(CCC)C(=O)OCC)C32. The van der Waals surface area contributed by atoms with Gasteiger partial charge in [0.15, 0.2) is 0 Å². The van der Waals surface area contributed by atoms with Crippen molar-refractivity contribution in [3.63, 3.8) is 0 Å². The van der Waals surface area contributed by atoms with Crippen molar-refractivity contribution in [2.45, 2.75) is 89.9 Å². The minimum atomic E-state index is -1.28. The maximum Gasteiger partial charge on any atom is 0.410 e. The van der Waals surface area contributed by atoms with E-state index in [0.29, 0.717) is 44.8 Å². The molecule has 0 bridgehead atoms. The zero-order valence-corrected chi connectivity index (χ0v) is 30.4. The Labute approximate surface area is 298 Å². The third-order valence-corrected chi connectivity index (χ3v) is 10.5. The molecule has 0 aromatic heterocycles. The summed E-state index contributed by atoms with van der Waals surface area (Å²) >= 11 is 0. The molecule has 1 aromatic carbocycles. The van der Waals surface area contributed by atoms with Gasteiger partial charge in [-0.15, -0.1) is 6.58 Å². The number of hydrogen-bond donors (Lipinski definition) is 2. The molecule has 2 heterocycles. The Morgan fingerprint density at radius 1 is 1.12 bits per heavy atom. The van der Waals surface area contributed by atoms with E-state index in [4.69, 9.17) is 28.9 Å². The summed E-state index contributed by atoms with van der Waals surface area (Å²) < 4.78 is 26.1. The number of rotatable bonds is 21. The molecule has 0 radical (unpaired) electrons. The summed E-state index contributed by atoms with van der Waals surface area (Å²) in [5.41, 5.74) is 2.86. The lowest BCUT2D eigenvalue weighted by atomic mass is 9.55. The van der Waals surface area contributed by atoms with Crippen LogP contribution in [0.1, 0.15) is 83.6 Å². The maximum absolute atomic E-state index is 13.8. The molecule has 1 aromatic rings. The maximum atomic E-state index is 13.8. The fourth-order valence-electron chi connectivity index (χ4n) is 8.29. The normalized spacial score (nSPS) is 27.4. The van der Waals surface area contributed by atoms with E-state index < -0.39 is 17.9 Å². The molecule has 5 rings (SSSR count). The van der Waals surface area contributed by atoms with Crippen molar-refractivity contribution in [1.29, 1.82) is 0 Å². The van der Waals surface area contributed by atoms with E-state index in [2.05, 4.69) is 23.6 Å². The number of aliphatic hydroxyl groups is 2. The molecule has 2 N–H and O–H groups in total. The summed E-state index contributed by atoms with van der Waals surface area (Å²) in [5, 5.41) is 24.3. The molecular formula is C39H59N3O8. The average Bonchev–Trinajstić information content (AvgIpc) is 3.95. The molecule has 0 spiro atoms. The van der Waals surface area contributed by atoms with Crippen LogP contribution in [0.2, 0.25) is 0 Å². The number of nitrogens with zero attached hydrogens (tertiary/aromatic N) is 3. The molecule has 2 aliphatic heterocycles. The highest BCUT2D eigenvalue weighted by molar-refractivity contribution is 6.02. The minimum absolute atomic E-state index is 0.0857. The van der Waals surface area contributed by atoms with Gasteiger partial charge in [0.1, 0.15) is 30.8 Å². The number of allylic oxidation sites excluding steroid dienone is 1. The number of hydrogen-bond acceptors (Lipinski definition) is 10. The van der Waals surface area contributed by atoms with Crippen molar-refractivity contribution >= 4 is 11.8 Å². The van der Waals surface area contributed by atoms with Crippen molar-refractivity contribution in [3.8, 4) is 11.5 Å². The van der Waals surface area contributed by atoms with Gasteiger partial charge in [-0.05, 0) is 81.6 Å². The molecule has 4 aliphatic rings. The summed E-state index contributed by atoms with van der Waals surface area (Å²) in [6, 6.07) is 5.53. The van der Waals surface area contributed by atoms with Crippen LogP contribution in [0.25, 0.3) is 0 Å². The van der Waals surface area contributed by atoms with Gasteiger partial charge in [0.2, 0.25) is 5.79 Å². The summed E-state index contributed by atoms with van der Waals surface area (Å²) in [7, 11) is 0. The van der Waals surface area contributed by atoms with Gasteiger partial charge in [0.05, 0.1) is 24.8 Å². The Bertz CT molecular complexity index is 1330. The number of carbonyl (C=O) groups excluding carboxylic acids is 1. The lowest BCUT2D eigenvalue weighted by molar-refractivity contribution is -0.255. The van der Waals surface area contributed by atoms with Gasteiger partial charge in [0, 0.05) is 57.3 Å². The monoisotopic (exact) mass is 697 g/mol. The summed E-state index contributed by atoms with van der Waals surface area (Å²) in [6.07, 6.45) is 9.71. The number of amides is 1. The van der Waals surface area contributed by atoms with Gasteiger partial charge in [0.25, 0.3) is 0 Å². The topological polar surface area (TPSA) is 122 Å². The standard InChI is InChI=1S/C39H59N3O8/c1-5-17-42(38(45)46-7-3)35-27-33(40-49-8-4)31-25-28(13-9-11-21-43)30(14-10-12-22-44)36-32-26-29(47-24-20-41-18-19-41)15-16-34(32)50-39(35,37(31)36)48-23-6-2/h6,15-16,25-26,28,30,35-37,43-44H,2,5,7-14,17-24,27H2,1,3-4H3. The molecule has 50 heavy (non-hydrogen) atoms. The molecule has 1 amide bonds. The van der Waals surface area contributed by atoms with E-state index in [9.17, 15) is 15.0 Å². The van der Waals surface area contributed by atoms with E-state index >= 15 is 0 Å². The average molecular weight is 698 g/mol. The van der Waals surface area contributed by atoms with Crippen LogP contribution in [0.4, 0.5) is 4.79 Å². The van der Waals surface area contributed by atoms with E-state index in [-0.39, 0.29) is 50.1 Å². The summed E-state index contributed by atoms with van der Waals surface area (Å²) in [6.45, 7) is 15.1. The fraction of sp³-hybridized carbons (Fsp3) is 0.692. The quantitative estimate of drug-likeness (QED) is 0.0700.